The molecule has 0 unspecified atom stereocenters. The van der Waals surface area contributed by atoms with Crippen LogP contribution in [0.4, 0.5) is 0 Å². The molecule has 1 fully saturated rings. The summed E-state index contributed by atoms with van der Waals surface area (Å²) in [6.07, 6.45) is 3.95. The molecule has 1 aromatic carbocycles. The van der Waals surface area contributed by atoms with Gasteiger partial charge < -0.3 is 4.57 Å². The molecule has 2 aromatic rings. The maximum absolute atomic E-state index is 13.4. The van der Waals surface area contributed by atoms with E-state index in [9.17, 15) is 4.57 Å². The van der Waals surface area contributed by atoms with E-state index in [4.69, 9.17) is 0 Å². The van der Waals surface area contributed by atoms with Gasteiger partial charge in [0.2, 0.25) is 0 Å². The van der Waals surface area contributed by atoms with Crippen LogP contribution in [0, 0.1) is 6.92 Å². The molecule has 3 heteroatoms. The summed E-state index contributed by atoms with van der Waals surface area (Å²) in [6, 6.07) is 8.39. The summed E-state index contributed by atoms with van der Waals surface area (Å²) >= 11 is 0. The number of benzene rings is 1. The second-order valence-electron chi connectivity index (χ2n) is 6.22. The molecular formula is C17H22NOP. The van der Waals surface area contributed by atoms with E-state index in [-0.39, 0.29) is 0 Å². The van der Waals surface area contributed by atoms with Crippen LogP contribution >= 0.6 is 7.14 Å². The zero-order chi connectivity index (χ0) is 14.3. The number of aromatic nitrogens is 1. The average Bonchev–Trinajstić information content (AvgIpc) is 2.84. The van der Waals surface area contributed by atoms with Gasteiger partial charge in [-0.05, 0) is 43.4 Å². The lowest BCUT2D eigenvalue weighted by molar-refractivity contribution is 0.584. The number of hydrogen-bond donors (Lipinski definition) is 0. The first-order chi connectivity index (χ1) is 9.51. The summed E-state index contributed by atoms with van der Waals surface area (Å²) in [7, 11) is -2.21. The van der Waals surface area contributed by atoms with Crippen molar-refractivity contribution in [1.29, 1.82) is 0 Å². The van der Waals surface area contributed by atoms with Crippen molar-refractivity contribution in [1.82, 2.24) is 4.98 Å². The Bertz CT molecular complexity index is 695. The van der Waals surface area contributed by atoms with E-state index in [1.807, 2.05) is 13.0 Å². The van der Waals surface area contributed by atoms with Crippen LogP contribution in [0.2, 0.25) is 0 Å². The Morgan fingerprint density at radius 1 is 1.10 bits per heavy atom. The summed E-state index contributed by atoms with van der Waals surface area (Å²) in [4.78, 5) is 4.62. The summed E-state index contributed by atoms with van der Waals surface area (Å²) in [5, 5.41) is 2.25. The van der Waals surface area contributed by atoms with Gasteiger partial charge in [-0.15, -0.1) is 0 Å². The van der Waals surface area contributed by atoms with Crippen molar-refractivity contribution >= 4 is 23.3 Å². The molecule has 2 nitrogen and oxygen atoms in total. The SMILES string of the molecule is Cc1ccc2c(P3(=O)CCCC3)c(C(C)C)ccc2n1. The van der Waals surface area contributed by atoms with E-state index in [1.165, 1.54) is 5.56 Å². The number of hydrogen-bond acceptors (Lipinski definition) is 2. The molecule has 0 spiro atoms. The van der Waals surface area contributed by atoms with Gasteiger partial charge in [0.1, 0.15) is 7.14 Å². The fraction of sp³-hybridized carbons (Fsp3) is 0.471. The van der Waals surface area contributed by atoms with Gasteiger partial charge >= 0.3 is 0 Å². The quantitative estimate of drug-likeness (QED) is 0.764. The molecule has 106 valence electrons. The molecule has 20 heavy (non-hydrogen) atoms. The summed E-state index contributed by atoms with van der Waals surface area (Å²) < 4.78 is 13.4. The highest BCUT2D eigenvalue weighted by Gasteiger charge is 2.33. The lowest BCUT2D eigenvalue weighted by Crippen LogP contribution is -2.16. The molecule has 2 heterocycles. The van der Waals surface area contributed by atoms with E-state index < -0.39 is 7.14 Å². The zero-order valence-corrected chi connectivity index (χ0v) is 13.4. The van der Waals surface area contributed by atoms with Crippen LogP contribution in [0.5, 0.6) is 0 Å². The first kappa shape index (κ1) is 13.8. The Morgan fingerprint density at radius 2 is 1.80 bits per heavy atom. The Hall–Kier alpha value is -1.14. The molecule has 0 atom stereocenters. The minimum Gasteiger partial charge on any atom is -0.319 e. The standard InChI is InChI=1S/C17H22NOP/c1-12(2)14-8-9-16-15(7-6-13(3)18-16)17(14)20(19)10-4-5-11-20/h6-9,12H,4-5,10-11H2,1-3H3. The van der Waals surface area contributed by atoms with E-state index in [0.717, 1.165) is 47.1 Å². The maximum atomic E-state index is 13.4. The van der Waals surface area contributed by atoms with Crippen molar-refractivity contribution in [2.45, 2.75) is 39.5 Å². The third-order valence-electron chi connectivity index (χ3n) is 4.33. The van der Waals surface area contributed by atoms with Gasteiger partial charge in [0.05, 0.1) is 5.52 Å². The second kappa shape index (κ2) is 5.00. The molecule has 0 aliphatic carbocycles. The van der Waals surface area contributed by atoms with E-state index in [2.05, 4.69) is 37.0 Å². The van der Waals surface area contributed by atoms with Gasteiger partial charge in [-0.3, -0.25) is 4.98 Å². The average molecular weight is 287 g/mol. The first-order valence-corrected chi connectivity index (χ1v) is 9.58. The summed E-state index contributed by atoms with van der Waals surface area (Å²) in [5.74, 6) is 0.405. The molecule has 0 radical (unpaired) electrons. The predicted molar refractivity (Wildman–Crippen MR) is 86.8 cm³/mol. The fourth-order valence-corrected chi connectivity index (χ4v) is 6.87. The minimum atomic E-state index is -2.21. The molecule has 1 aliphatic heterocycles. The molecule has 1 aliphatic rings. The highest BCUT2D eigenvalue weighted by molar-refractivity contribution is 7.72. The highest BCUT2D eigenvalue weighted by Crippen LogP contribution is 2.53. The smallest absolute Gasteiger partial charge is 0.116 e. The number of aryl methyl sites for hydroxylation is 1. The van der Waals surface area contributed by atoms with E-state index >= 15 is 0 Å². The number of nitrogens with zero attached hydrogens (tertiary/aromatic N) is 1. The van der Waals surface area contributed by atoms with Crippen LogP contribution < -0.4 is 5.30 Å². The lowest BCUT2D eigenvalue weighted by Gasteiger charge is -2.21. The van der Waals surface area contributed by atoms with Crippen LogP contribution in [-0.2, 0) is 4.57 Å². The van der Waals surface area contributed by atoms with Gasteiger partial charge in [-0.2, -0.15) is 0 Å². The molecule has 3 rings (SSSR count). The monoisotopic (exact) mass is 287 g/mol. The van der Waals surface area contributed by atoms with Gasteiger partial charge in [0.15, 0.2) is 0 Å². The minimum absolute atomic E-state index is 0.405. The van der Waals surface area contributed by atoms with Crippen molar-refractivity contribution < 1.29 is 4.57 Å². The van der Waals surface area contributed by atoms with Crippen LogP contribution in [-0.4, -0.2) is 17.3 Å². The predicted octanol–water partition coefficient (Wildman–Crippen LogP) is 4.45. The normalized spacial score (nSPS) is 18.0. The maximum Gasteiger partial charge on any atom is 0.116 e. The molecule has 0 bridgehead atoms. The molecule has 0 saturated carbocycles. The Labute approximate surface area is 121 Å². The second-order valence-corrected chi connectivity index (χ2v) is 9.34. The van der Waals surface area contributed by atoms with E-state index in [0.29, 0.717) is 5.92 Å². The van der Waals surface area contributed by atoms with Crippen molar-refractivity contribution in [2.75, 3.05) is 12.3 Å². The largest absolute Gasteiger partial charge is 0.319 e. The van der Waals surface area contributed by atoms with Gasteiger partial charge in [-0.1, -0.05) is 26.0 Å². The third-order valence-corrected chi connectivity index (χ3v) is 7.72. The highest BCUT2D eigenvalue weighted by atomic mass is 31.2. The van der Waals surface area contributed by atoms with Crippen molar-refractivity contribution in [3.8, 4) is 0 Å². The van der Waals surface area contributed by atoms with Crippen LogP contribution in [0.15, 0.2) is 24.3 Å². The molecule has 0 N–H and O–H groups in total. The van der Waals surface area contributed by atoms with Crippen LogP contribution in [0.3, 0.4) is 0 Å². The summed E-state index contributed by atoms with van der Waals surface area (Å²) in [5.41, 5.74) is 3.27. The van der Waals surface area contributed by atoms with E-state index in [1.54, 1.807) is 0 Å². The first-order valence-electron chi connectivity index (χ1n) is 7.50. The van der Waals surface area contributed by atoms with Crippen LogP contribution in [0.1, 0.15) is 43.9 Å². The molecule has 1 saturated heterocycles. The lowest BCUT2D eigenvalue weighted by atomic mass is 10.0. The topological polar surface area (TPSA) is 30.0 Å². The molecule has 0 amide bonds. The number of pyridine rings is 1. The van der Waals surface area contributed by atoms with Gasteiger partial charge in [0, 0.05) is 28.7 Å². The fourth-order valence-electron chi connectivity index (χ4n) is 3.30. The number of fused-ring (bicyclic) bond motifs is 1. The molecule has 1 aromatic heterocycles. The Balaban J connectivity index is 2.35. The van der Waals surface area contributed by atoms with Crippen molar-refractivity contribution in [3.05, 3.63) is 35.5 Å². The van der Waals surface area contributed by atoms with Gasteiger partial charge in [-0.25, -0.2) is 0 Å². The Morgan fingerprint density at radius 3 is 2.45 bits per heavy atom. The van der Waals surface area contributed by atoms with Crippen molar-refractivity contribution in [3.63, 3.8) is 0 Å². The van der Waals surface area contributed by atoms with Crippen LogP contribution in [0.25, 0.3) is 10.9 Å². The Kier molecular flexibility index (Phi) is 3.46. The molecular weight excluding hydrogens is 265 g/mol. The zero-order valence-electron chi connectivity index (χ0n) is 12.5. The summed E-state index contributed by atoms with van der Waals surface area (Å²) in [6.45, 7) is 6.39. The third kappa shape index (κ3) is 2.20. The van der Waals surface area contributed by atoms with Crippen molar-refractivity contribution in [2.24, 2.45) is 0 Å². The van der Waals surface area contributed by atoms with Gasteiger partial charge in [0.25, 0.3) is 0 Å². The number of rotatable bonds is 2.